The summed E-state index contributed by atoms with van der Waals surface area (Å²) in [6.07, 6.45) is 0.983. The lowest BCUT2D eigenvalue weighted by atomic mass is 10.2. The predicted molar refractivity (Wildman–Crippen MR) is 78.0 cm³/mol. The highest BCUT2D eigenvalue weighted by Crippen LogP contribution is 2.23. The standard InChI is InChI=1S/C13H16N2S2/c16-9-8-14-7-6-12-10-17-13(15-12)11-4-2-1-3-5-11/h1-5,10,14,16H,6-9H2. The van der Waals surface area contributed by atoms with E-state index in [2.05, 4.69) is 40.4 Å². The van der Waals surface area contributed by atoms with Crippen molar-refractivity contribution in [3.63, 3.8) is 0 Å². The van der Waals surface area contributed by atoms with Gasteiger partial charge in [-0.1, -0.05) is 30.3 Å². The highest BCUT2D eigenvalue weighted by molar-refractivity contribution is 7.80. The van der Waals surface area contributed by atoms with E-state index in [1.165, 1.54) is 11.3 Å². The van der Waals surface area contributed by atoms with E-state index in [9.17, 15) is 0 Å². The highest BCUT2D eigenvalue weighted by atomic mass is 32.1. The average Bonchev–Trinajstić information content (AvgIpc) is 2.85. The largest absolute Gasteiger partial charge is 0.316 e. The monoisotopic (exact) mass is 264 g/mol. The number of nitrogens with one attached hydrogen (secondary N) is 1. The van der Waals surface area contributed by atoms with Gasteiger partial charge in [-0.2, -0.15) is 12.6 Å². The van der Waals surface area contributed by atoms with Crippen molar-refractivity contribution in [2.75, 3.05) is 18.8 Å². The van der Waals surface area contributed by atoms with Gasteiger partial charge >= 0.3 is 0 Å². The van der Waals surface area contributed by atoms with Gasteiger partial charge in [-0.15, -0.1) is 11.3 Å². The molecule has 0 fully saturated rings. The first-order valence-electron chi connectivity index (χ1n) is 5.71. The summed E-state index contributed by atoms with van der Waals surface area (Å²) in [6, 6.07) is 10.3. The van der Waals surface area contributed by atoms with E-state index in [1.54, 1.807) is 11.3 Å². The van der Waals surface area contributed by atoms with Crippen LogP contribution in [0.25, 0.3) is 10.6 Å². The molecule has 1 aromatic heterocycles. The van der Waals surface area contributed by atoms with Gasteiger partial charge in [-0.3, -0.25) is 0 Å². The third-order valence-electron chi connectivity index (χ3n) is 2.42. The van der Waals surface area contributed by atoms with Crippen LogP contribution in [0, 0.1) is 0 Å². The molecule has 2 rings (SSSR count). The Kier molecular flexibility index (Phi) is 5.04. The second-order valence-corrected chi connectivity index (χ2v) is 5.04. The first kappa shape index (κ1) is 12.6. The number of thiazole rings is 1. The quantitative estimate of drug-likeness (QED) is 0.619. The molecule has 0 bridgehead atoms. The van der Waals surface area contributed by atoms with Crippen LogP contribution in [0.4, 0.5) is 0 Å². The number of hydrogen-bond acceptors (Lipinski definition) is 4. The Bertz CT molecular complexity index is 440. The Balaban J connectivity index is 1.92. The number of hydrogen-bond donors (Lipinski definition) is 2. The van der Waals surface area contributed by atoms with Gasteiger partial charge in [0.2, 0.25) is 0 Å². The van der Waals surface area contributed by atoms with E-state index in [0.29, 0.717) is 0 Å². The van der Waals surface area contributed by atoms with Crippen LogP contribution in [-0.2, 0) is 6.42 Å². The van der Waals surface area contributed by atoms with Crippen LogP contribution in [0.5, 0.6) is 0 Å². The molecule has 2 aromatic rings. The Labute approximate surface area is 112 Å². The molecular weight excluding hydrogens is 248 g/mol. The zero-order valence-electron chi connectivity index (χ0n) is 9.60. The predicted octanol–water partition coefficient (Wildman–Crippen LogP) is 2.87. The molecule has 1 heterocycles. The maximum Gasteiger partial charge on any atom is 0.123 e. The number of benzene rings is 1. The van der Waals surface area contributed by atoms with Crippen molar-refractivity contribution < 1.29 is 0 Å². The topological polar surface area (TPSA) is 24.9 Å². The summed E-state index contributed by atoms with van der Waals surface area (Å²) in [5.74, 6) is 0.881. The summed E-state index contributed by atoms with van der Waals surface area (Å²) in [5, 5.41) is 6.57. The van der Waals surface area contributed by atoms with Gasteiger partial charge in [-0.25, -0.2) is 4.98 Å². The summed E-state index contributed by atoms with van der Waals surface area (Å²) < 4.78 is 0. The van der Waals surface area contributed by atoms with Crippen LogP contribution in [-0.4, -0.2) is 23.8 Å². The molecule has 0 saturated carbocycles. The average molecular weight is 264 g/mol. The van der Waals surface area contributed by atoms with Crippen molar-refractivity contribution in [3.05, 3.63) is 41.4 Å². The molecule has 0 aliphatic rings. The van der Waals surface area contributed by atoms with E-state index in [4.69, 9.17) is 0 Å². The van der Waals surface area contributed by atoms with Crippen molar-refractivity contribution >= 4 is 24.0 Å². The Morgan fingerprint density at radius 2 is 2.00 bits per heavy atom. The molecule has 1 aromatic carbocycles. The molecule has 0 radical (unpaired) electrons. The van der Waals surface area contributed by atoms with Crippen molar-refractivity contribution in [2.24, 2.45) is 0 Å². The lowest BCUT2D eigenvalue weighted by Crippen LogP contribution is -2.19. The Morgan fingerprint density at radius 3 is 2.76 bits per heavy atom. The van der Waals surface area contributed by atoms with Crippen LogP contribution < -0.4 is 5.32 Å². The molecular formula is C13H16N2S2. The molecule has 4 heteroatoms. The summed E-state index contributed by atoms with van der Waals surface area (Å²) in [6.45, 7) is 1.93. The summed E-state index contributed by atoms with van der Waals surface area (Å²) in [5.41, 5.74) is 2.37. The smallest absolute Gasteiger partial charge is 0.123 e. The molecule has 0 spiro atoms. The molecule has 0 atom stereocenters. The van der Waals surface area contributed by atoms with Crippen molar-refractivity contribution in [1.82, 2.24) is 10.3 Å². The third kappa shape index (κ3) is 3.84. The second kappa shape index (κ2) is 6.79. The fourth-order valence-electron chi connectivity index (χ4n) is 1.56. The lowest BCUT2D eigenvalue weighted by molar-refractivity contribution is 0.715. The molecule has 0 amide bonds. The molecule has 0 aliphatic carbocycles. The molecule has 0 saturated heterocycles. The third-order valence-corrected chi connectivity index (χ3v) is 3.58. The van der Waals surface area contributed by atoms with Gasteiger partial charge < -0.3 is 5.32 Å². The highest BCUT2D eigenvalue weighted by Gasteiger charge is 2.03. The van der Waals surface area contributed by atoms with Gasteiger partial charge in [-0.05, 0) is 0 Å². The molecule has 1 N–H and O–H groups in total. The van der Waals surface area contributed by atoms with Gasteiger partial charge in [0.25, 0.3) is 0 Å². The van der Waals surface area contributed by atoms with Gasteiger partial charge in [0.1, 0.15) is 5.01 Å². The van der Waals surface area contributed by atoms with E-state index in [-0.39, 0.29) is 0 Å². The number of nitrogens with zero attached hydrogens (tertiary/aromatic N) is 1. The minimum Gasteiger partial charge on any atom is -0.316 e. The van der Waals surface area contributed by atoms with Crippen LogP contribution in [0.15, 0.2) is 35.7 Å². The first-order chi connectivity index (χ1) is 8.40. The molecule has 17 heavy (non-hydrogen) atoms. The van der Waals surface area contributed by atoms with E-state index >= 15 is 0 Å². The van der Waals surface area contributed by atoms with Crippen LogP contribution >= 0.6 is 24.0 Å². The fraction of sp³-hybridized carbons (Fsp3) is 0.308. The summed E-state index contributed by atoms with van der Waals surface area (Å²) in [7, 11) is 0. The zero-order valence-corrected chi connectivity index (χ0v) is 11.3. The number of rotatable bonds is 6. The van der Waals surface area contributed by atoms with Gasteiger partial charge in [0, 0.05) is 36.2 Å². The second-order valence-electron chi connectivity index (χ2n) is 3.73. The Morgan fingerprint density at radius 1 is 1.18 bits per heavy atom. The van der Waals surface area contributed by atoms with Crippen LogP contribution in [0.3, 0.4) is 0 Å². The van der Waals surface area contributed by atoms with E-state index in [0.717, 1.165) is 30.3 Å². The van der Waals surface area contributed by atoms with Gasteiger partial charge in [0.15, 0.2) is 0 Å². The maximum atomic E-state index is 4.64. The summed E-state index contributed by atoms with van der Waals surface area (Å²) >= 11 is 5.87. The number of thiol groups is 1. The minimum absolute atomic E-state index is 0.881. The normalized spacial score (nSPS) is 10.6. The van der Waals surface area contributed by atoms with Crippen molar-refractivity contribution in [1.29, 1.82) is 0 Å². The maximum absolute atomic E-state index is 4.64. The van der Waals surface area contributed by atoms with Gasteiger partial charge in [0.05, 0.1) is 5.69 Å². The van der Waals surface area contributed by atoms with E-state index < -0.39 is 0 Å². The molecule has 2 nitrogen and oxygen atoms in total. The molecule has 0 unspecified atom stereocenters. The fourth-order valence-corrected chi connectivity index (χ4v) is 2.57. The lowest BCUT2D eigenvalue weighted by Gasteiger charge is -1.99. The van der Waals surface area contributed by atoms with Crippen LogP contribution in [0.1, 0.15) is 5.69 Å². The SMILES string of the molecule is SCCNCCc1csc(-c2ccccc2)n1. The van der Waals surface area contributed by atoms with E-state index in [1.807, 2.05) is 18.2 Å². The van der Waals surface area contributed by atoms with Crippen molar-refractivity contribution in [2.45, 2.75) is 6.42 Å². The zero-order chi connectivity index (χ0) is 11.9. The summed E-state index contributed by atoms with van der Waals surface area (Å²) in [4.78, 5) is 4.64. The first-order valence-corrected chi connectivity index (χ1v) is 7.23. The molecule has 0 aliphatic heterocycles. The Hall–Kier alpha value is -0.840. The number of aromatic nitrogens is 1. The van der Waals surface area contributed by atoms with Crippen molar-refractivity contribution in [3.8, 4) is 10.6 Å². The minimum atomic E-state index is 0.881. The molecule has 90 valence electrons. The van der Waals surface area contributed by atoms with Crippen LogP contribution in [0.2, 0.25) is 0 Å².